The van der Waals surface area contributed by atoms with Gasteiger partial charge in [0.1, 0.15) is 12.4 Å². The molecule has 0 aliphatic heterocycles. The first-order valence-electron chi connectivity index (χ1n) is 12.1. The molecule has 4 aromatic rings. The summed E-state index contributed by atoms with van der Waals surface area (Å²) >= 11 is 6.46. The van der Waals surface area contributed by atoms with Crippen molar-refractivity contribution in [2.24, 2.45) is 0 Å². The Morgan fingerprint density at radius 3 is 2.58 bits per heavy atom. The largest absolute Gasteiger partial charge is 0.493 e. The molecule has 1 saturated carbocycles. The number of halogens is 1. The van der Waals surface area contributed by atoms with E-state index < -0.39 is 6.03 Å². The molecule has 2 amide bonds. The van der Waals surface area contributed by atoms with Crippen LogP contribution in [0.1, 0.15) is 18.6 Å². The quantitative estimate of drug-likeness (QED) is 0.237. The molecule has 1 fully saturated rings. The Hall–Kier alpha value is -4.02. The minimum absolute atomic E-state index is 0.0902. The van der Waals surface area contributed by atoms with Crippen LogP contribution in [0.3, 0.4) is 0 Å². The van der Waals surface area contributed by atoms with Gasteiger partial charge in [-0.25, -0.2) is 4.79 Å². The molecule has 1 aliphatic carbocycles. The van der Waals surface area contributed by atoms with Crippen LogP contribution in [0.2, 0.25) is 5.02 Å². The highest BCUT2D eigenvalue weighted by Crippen LogP contribution is 2.42. The lowest BCUT2D eigenvalue weighted by atomic mass is 10.1. The van der Waals surface area contributed by atoms with Crippen LogP contribution in [0.5, 0.6) is 11.5 Å². The van der Waals surface area contributed by atoms with Gasteiger partial charge in [0.15, 0.2) is 17.3 Å². The molecule has 3 N–H and O–H groups in total. The number of ether oxygens (including phenoxy) is 2. The van der Waals surface area contributed by atoms with Crippen LogP contribution in [0.25, 0.3) is 10.9 Å². The van der Waals surface area contributed by atoms with Crippen molar-refractivity contribution in [1.82, 2.24) is 15.0 Å². The molecule has 2 aromatic carbocycles. The van der Waals surface area contributed by atoms with Crippen molar-refractivity contribution in [3.05, 3.63) is 59.4 Å². The summed E-state index contributed by atoms with van der Waals surface area (Å²) in [4.78, 5) is 19.0. The number of amides is 2. The third kappa shape index (κ3) is 5.46. The van der Waals surface area contributed by atoms with Crippen LogP contribution in [0, 0.1) is 6.92 Å². The highest BCUT2D eigenvalue weighted by atomic mass is 35.5. The number of carbonyl (C=O) groups is 1. The molecule has 0 unspecified atom stereocenters. The van der Waals surface area contributed by atoms with Gasteiger partial charge in [-0.2, -0.15) is 0 Å². The number of methoxy groups -OCH3 is 1. The van der Waals surface area contributed by atoms with Gasteiger partial charge in [0, 0.05) is 35.1 Å². The molecule has 0 radical (unpaired) electrons. The first kappa shape index (κ1) is 25.6. The van der Waals surface area contributed by atoms with Crippen LogP contribution in [0.15, 0.2) is 53.2 Å². The molecule has 0 atom stereocenters. The average Bonchev–Trinajstić information content (AvgIpc) is 3.59. The summed E-state index contributed by atoms with van der Waals surface area (Å²) in [5.74, 6) is 2.20. The van der Waals surface area contributed by atoms with Crippen LogP contribution in [0.4, 0.5) is 27.7 Å². The van der Waals surface area contributed by atoms with Gasteiger partial charge in [0.05, 0.1) is 28.9 Å². The Balaban J connectivity index is 1.32. The molecule has 0 spiro atoms. The smallest absolute Gasteiger partial charge is 0.324 e. The zero-order valence-corrected chi connectivity index (χ0v) is 22.3. The fourth-order valence-electron chi connectivity index (χ4n) is 4.16. The van der Waals surface area contributed by atoms with Crippen LogP contribution >= 0.6 is 11.6 Å². The van der Waals surface area contributed by atoms with Crippen molar-refractivity contribution < 1.29 is 18.8 Å². The fraction of sp³-hybridized carbons (Fsp3) is 0.296. The molecular weight excluding hydrogens is 508 g/mol. The van der Waals surface area contributed by atoms with Gasteiger partial charge in [-0.3, -0.25) is 10.3 Å². The Kier molecular flexibility index (Phi) is 7.00. The first-order valence-corrected chi connectivity index (χ1v) is 12.5. The summed E-state index contributed by atoms with van der Waals surface area (Å²) in [7, 11) is 5.79. The zero-order valence-electron chi connectivity index (χ0n) is 21.6. The van der Waals surface area contributed by atoms with E-state index in [9.17, 15) is 4.79 Å². The van der Waals surface area contributed by atoms with Crippen LogP contribution < -0.4 is 25.4 Å². The number of likely N-dealkylation sites (N-methyl/N-ethyl adjacent to an activating group) is 1. The van der Waals surface area contributed by atoms with Crippen LogP contribution in [-0.4, -0.2) is 54.4 Å². The first-order chi connectivity index (χ1) is 18.3. The maximum Gasteiger partial charge on any atom is 0.324 e. The van der Waals surface area contributed by atoms with E-state index in [1.807, 2.05) is 24.3 Å². The number of fused-ring (bicyclic) bond motifs is 1. The van der Waals surface area contributed by atoms with Crippen molar-refractivity contribution in [2.45, 2.75) is 25.3 Å². The SMILES string of the molecule is COc1cc2c(Nc3ccc(NC(=O)Nc4cc(C)on4)c(Cl)c3)ccnc2cc1OCC1(N(C)C)CC1. The molecule has 2 aromatic heterocycles. The lowest BCUT2D eigenvalue weighted by molar-refractivity contribution is 0.164. The fourth-order valence-corrected chi connectivity index (χ4v) is 4.38. The molecular formula is C27H29ClN6O4. The lowest BCUT2D eigenvalue weighted by Gasteiger charge is -2.24. The summed E-state index contributed by atoms with van der Waals surface area (Å²) in [6.07, 6.45) is 3.96. The topological polar surface area (TPSA) is 114 Å². The van der Waals surface area contributed by atoms with E-state index in [4.69, 9.17) is 25.6 Å². The number of nitrogens with zero attached hydrogens (tertiary/aromatic N) is 3. The van der Waals surface area contributed by atoms with Gasteiger partial charge in [-0.15, -0.1) is 0 Å². The standard InChI is InChI=1S/C27H29ClN6O4/c1-16-11-25(33-38-16)32-26(35)31-21-6-5-17(12-19(21)28)30-20-7-10-29-22-14-24(23(36-4)13-18(20)22)37-15-27(8-9-27)34(2)3/h5-7,10-14H,8-9,15H2,1-4H3,(H,29,30)(H2,31,32,33,35). The number of pyridine rings is 1. The van der Waals surface area contributed by atoms with Gasteiger partial charge >= 0.3 is 6.03 Å². The number of rotatable bonds is 9. The summed E-state index contributed by atoms with van der Waals surface area (Å²) in [5.41, 5.74) is 2.87. The van der Waals surface area contributed by atoms with Crippen LogP contribution in [-0.2, 0) is 0 Å². The molecule has 5 rings (SSSR count). The summed E-state index contributed by atoms with van der Waals surface area (Å²) in [5, 5.41) is 13.7. The summed E-state index contributed by atoms with van der Waals surface area (Å²) in [6, 6.07) is 12.1. The Labute approximate surface area is 225 Å². The molecule has 10 nitrogen and oxygen atoms in total. The van der Waals surface area contributed by atoms with Crippen molar-refractivity contribution >= 4 is 51.4 Å². The second-order valence-corrected chi connectivity index (χ2v) is 9.91. The van der Waals surface area contributed by atoms with Crippen molar-refractivity contribution in [2.75, 3.05) is 43.8 Å². The van der Waals surface area contributed by atoms with E-state index in [1.54, 1.807) is 38.4 Å². The highest BCUT2D eigenvalue weighted by molar-refractivity contribution is 6.34. The van der Waals surface area contributed by atoms with Crippen molar-refractivity contribution in [3.8, 4) is 11.5 Å². The Morgan fingerprint density at radius 1 is 1.11 bits per heavy atom. The molecule has 0 bridgehead atoms. The maximum absolute atomic E-state index is 12.3. The molecule has 198 valence electrons. The monoisotopic (exact) mass is 536 g/mol. The summed E-state index contributed by atoms with van der Waals surface area (Å²) < 4.78 is 16.8. The van der Waals surface area contributed by atoms with Gasteiger partial charge in [-0.1, -0.05) is 16.8 Å². The maximum atomic E-state index is 12.3. The molecule has 0 saturated heterocycles. The lowest BCUT2D eigenvalue weighted by Crippen LogP contribution is -2.35. The van der Waals surface area contributed by atoms with Crippen molar-refractivity contribution in [3.63, 3.8) is 0 Å². The van der Waals surface area contributed by atoms with Gasteiger partial charge in [0.2, 0.25) is 0 Å². The third-order valence-corrected chi connectivity index (χ3v) is 6.98. The predicted octanol–water partition coefficient (Wildman–Crippen LogP) is 6.05. The minimum atomic E-state index is -0.482. The summed E-state index contributed by atoms with van der Waals surface area (Å²) in [6.45, 7) is 2.33. The molecule has 1 aliphatic rings. The van der Waals surface area contributed by atoms with E-state index in [1.165, 1.54) is 0 Å². The van der Waals surface area contributed by atoms with E-state index in [0.717, 1.165) is 35.1 Å². The van der Waals surface area contributed by atoms with E-state index in [-0.39, 0.29) is 5.54 Å². The number of urea groups is 1. The number of hydrogen-bond acceptors (Lipinski definition) is 8. The molecule has 2 heterocycles. The predicted molar refractivity (Wildman–Crippen MR) is 148 cm³/mol. The Bertz CT molecular complexity index is 1480. The number of nitrogens with one attached hydrogen (secondary N) is 3. The number of aryl methyl sites for hydroxylation is 1. The molecule has 11 heteroatoms. The molecule has 38 heavy (non-hydrogen) atoms. The second-order valence-electron chi connectivity index (χ2n) is 9.51. The van der Waals surface area contributed by atoms with Crippen molar-refractivity contribution in [1.29, 1.82) is 0 Å². The number of anilines is 4. The minimum Gasteiger partial charge on any atom is -0.493 e. The van der Waals surface area contributed by atoms with Gasteiger partial charge in [0.25, 0.3) is 0 Å². The number of aromatic nitrogens is 2. The average molecular weight is 537 g/mol. The Morgan fingerprint density at radius 2 is 1.92 bits per heavy atom. The van der Waals surface area contributed by atoms with E-state index in [0.29, 0.717) is 40.4 Å². The number of benzene rings is 2. The van der Waals surface area contributed by atoms with Gasteiger partial charge in [-0.05, 0) is 64.2 Å². The normalized spacial score (nSPS) is 13.8. The number of hydrogen-bond donors (Lipinski definition) is 3. The van der Waals surface area contributed by atoms with E-state index in [2.05, 4.69) is 45.1 Å². The highest BCUT2D eigenvalue weighted by Gasteiger charge is 2.45. The zero-order chi connectivity index (χ0) is 26.9. The number of carbonyl (C=O) groups excluding carboxylic acids is 1. The van der Waals surface area contributed by atoms with Gasteiger partial charge < -0.3 is 29.5 Å². The second kappa shape index (κ2) is 10.4. The van der Waals surface area contributed by atoms with E-state index >= 15 is 0 Å². The third-order valence-electron chi connectivity index (χ3n) is 6.67.